The van der Waals surface area contributed by atoms with Crippen LogP contribution in [0.5, 0.6) is 0 Å². The number of likely N-dealkylation sites (tertiary alicyclic amines) is 1. The number of carboxylic acids is 1. The summed E-state index contributed by atoms with van der Waals surface area (Å²) in [6.45, 7) is 0.372. The molecule has 1 aliphatic heterocycles. The van der Waals surface area contributed by atoms with Crippen LogP contribution in [0.4, 0.5) is 4.79 Å². The van der Waals surface area contributed by atoms with Gasteiger partial charge in [-0.05, 0) is 12.8 Å². The predicted octanol–water partition coefficient (Wildman–Crippen LogP) is -0.911. The Balaban J connectivity index is 2.73. The molecule has 1 heterocycles. The summed E-state index contributed by atoms with van der Waals surface area (Å²) < 4.78 is 4.84. The van der Waals surface area contributed by atoms with Crippen LogP contribution in [0.15, 0.2) is 0 Å². The van der Waals surface area contributed by atoms with Crippen molar-refractivity contribution in [3.05, 3.63) is 0 Å². The molecule has 1 saturated heterocycles. The first kappa shape index (κ1) is 15.2. The number of nitrogens with zero attached hydrogens (tertiary/aromatic N) is 2. The van der Waals surface area contributed by atoms with E-state index in [2.05, 4.69) is 0 Å². The Hall–Kier alpha value is -1.83. The highest BCUT2D eigenvalue weighted by atomic mass is 16.5. The molecule has 1 atom stereocenters. The Morgan fingerprint density at radius 3 is 2.68 bits per heavy atom. The van der Waals surface area contributed by atoms with Crippen molar-refractivity contribution in [2.45, 2.75) is 18.9 Å². The van der Waals surface area contributed by atoms with Crippen LogP contribution < -0.4 is 5.73 Å². The average molecular weight is 273 g/mol. The Kier molecular flexibility index (Phi) is 5.56. The molecule has 1 unspecified atom stereocenters. The van der Waals surface area contributed by atoms with Gasteiger partial charge in [0.1, 0.15) is 12.6 Å². The summed E-state index contributed by atoms with van der Waals surface area (Å²) in [5.74, 6) is -1.67. The number of carbonyl (C=O) groups excluding carboxylic acids is 2. The van der Waals surface area contributed by atoms with E-state index in [1.54, 1.807) is 0 Å². The zero-order chi connectivity index (χ0) is 14.4. The van der Waals surface area contributed by atoms with E-state index in [4.69, 9.17) is 15.6 Å². The smallest absolute Gasteiger partial charge is 0.323 e. The molecule has 0 aromatic heterocycles. The number of rotatable bonds is 6. The first-order chi connectivity index (χ1) is 8.97. The van der Waals surface area contributed by atoms with Crippen LogP contribution >= 0.6 is 0 Å². The fourth-order valence-corrected chi connectivity index (χ4v) is 2.08. The van der Waals surface area contributed by atoms with E-state index in [0.717, 1.165) is 4.90 Å². The molecule has 19 heavy (non-hydrogen) atoms. The van der Waals surface area contributed by atoms with E-state index < -0.39 is 30.5 Å². The van der Waals surface area contributed by atoms with Crippen molar-refractivity contribution in [3.63, 3.8) is 0 Å². The number of hydrogen-bond donors (Lipinski definition) is 2. The van der Waals surface area contributed by atoms with Crippen molar-refractivity contribution in [2.75, 3.05) is 33.4 Å². The van der Waals surface area contributed by atoms with Gasteiger partial charge in [-0.25, -0.2) is 4.79 Å². The van der Waals surface area contributed by atoms with E-state index in [9.17, 15) is 14.4 Å². The molecule has 8 nitrogen and oxygen atoms in total. The molecule has 8 heteroatoms. The van der Waals surface area contributed by atoms with Crippen molar-refractivity contribution in [3.8, 4) is 0 Å². The summed E-state index contributed by atoms with van der Waals surface area (Å²) in [7, 11) is 1.46. The second kappa shape index (κ2) is 6.93. The van der Waals surface area contributed by atoms with Crippen LogP contribution in [-0.2, 0) is 14.3 Å². The van der Waals surface area contributed by atoms with Crippen molar-refractivity contribution >= 4 is 17.9 Å². The summed E-state index contributed by atoms with van der Waals surface area (Å²) in [5, 5.41) is 8.81. The number of methoxy groups -OCH3 is 1. The first-order valence-electron chi connectivity index (χ1n) is 6.03. The lowest BCUT2D eigenvalue weighted by atomic mass is 10.2. The van der Waals surface area contributed by atoms with Gasteiger partial charge in [0.15, 0.2) is 0 Å². The molecule has 0 aromatic rings. The topological polar surface area (TPSA) is 113 Å². The lowest BCUT2D eigenvalue weighted by Crippen LogP contribution is -2.51. The molecule has 1 fully saturated rings. The van der Waals surface area contributed by atoms with Crippen LogP contribution in [0, 0.1) is 0 Å². The number of hydrogen-bond acceptors (Lipinski definition) is 4. The van der Waals surface area contributed by atoms with Gasteiger partial charge in [0.05, 0.1) is 6.61 Å². The van der Waals surface area contributed by atoms with Gasteiger partial charge in [-0.1, -0.05) is 0 Å². The van der Waals surface area contributed by atoms with E-state index in [0.29, 0.717) is 19.4 Å². The second-order valence-electron chi connectivity index (χ2n) is 4.34. The predicted molar refractivity (Wildman–Crippen MR) is 65.4 cm³/mol. The quantitative estimate of drug-likeness (QED) is 0.650. The Bertz CT molecular complexity index is 360. The molecule has 3 N–H and O–H groups in total. The third kappa shape index (κ3) is 4.09. The van der Waals surface area contributed by atoms with Gasteiger partial charge < -0.3 is 25.4 Å². The fourth-order valence-electron chi connectivity index (χ4n) is 2.08. The van der Waals surface area contributed by atoms with Gasteiger partial charge in [-0.2, -0.15) is 0 Å². The van der Waals surface area contributed by atoms with Crippen LogP contribution in [0.3, 0.4) is 0 Å². The van der Waals surface area contributed by atoms with Gasteiger partial charge in [0.25, 0.3) is 0 Å². The lowest BCUT2D eigenvalue weighted by molar-refractivity contribution is -0.137. The monoisotopic (exact) mass is 273 g/mol. The molecule has 0 saturated carbocycles. The van der Waals surface area contributed by atoms with Crippen molar-refractivity contribution in [2.24, 2.45) is 5.73 Å². The third-order valence-corrected chi connectivity index (χ3v) is 2.99. The molecule has 0 spiro atoms. The maximum atomic E-state index is 12.2. The highest BCUT2D eigenvalue weighted by Gasteiger charge is 2.35. The summed E-state index contributed by atoms with van der Waals surface area (Å²) in [6, 6.07) is -1.13. The zero-order valence-corrected chi connectivity index (χ0v) is 10.9. The third-order valence-electron chi connectivity index (χ3n) is 2.99. The van der Waals surface area contributed by atoms with Gasteiger partial charge in [0.2, 0.25) is 5.91 Å². The largest absolute Gasteiger partial charge is 0.480 e. The molecule has 1 rings (SSSR count). The highest BCUT2D eigenvalue weighted by molar-refractivity contribution is 5.87. The number of ether oxygens (including phenoxy) is 1. The Labute approximate surface area is 111 Å². The molecule has 0 aliphatic carbocycles. The van der Waals surface area contributed by atoms with E-state index in [1.165, 1.54) is 12.0 Å². The summed E-state index contributed by atoms with van der Waals surface area (Å²) in [6.07, 6.45) is 1.21. The average Bonchev–Trinajstić information content (AvgIpc) is 2.82. The minimum Gasteiger partial charge on any atom is -0.480 e. The number of carboxylic acid groups (broad SMARTS) is 1. The molecule has 108 valence electrons. The fraction of sp³-hybridized carbons (Fsp3) is 0.727. The number of primary amides is 1. The van der Waals surface area contributed by atoms with Crippen LogP contribution in [0.25, 0.3) is 0 Å². The summed E-state index contributed by atoms with van der Waals surface area (Å²) in [5.41, 5.74) is 5.24. The minimum absolute atomic E-state index is 0.156. The highest BCUT2D eigenvalue weighted by Crippen LogP contribution is 2.18. The van der Waals surface area contributed by atoms with Crippen molar-refractivity contribution in [1.82, 2.24) is 9.80 Å². The number of carbonyl (C=O) groups is 3. The minimum atomic E-state index is -1.11. The Morgan fingerprint density at radius 1 is 1.47 bits per heavy atom. The maximum Gasteiger partial charge on any atom is 0.323 e. The van der Waals surface area contributed by atoms with Gasteiger partial charge >= 0.3 is 12.0 Å². The van der Waals surface area contributed by atoms with E-state index in [1.807, 2.05) is 0 Å². The molecular formula is C11H19N3O5. The van der Waals surface area contributed by atoms with Crippen molar-refractivity contribution in [1.29, 1.82) is 0 Å². The second-order valence-corrected chi connectivity index (χ2v) is 4.34. The van der Waals surface area contributed by atoms with Gasteiger partial charge in [-0.15, -0.1) is 0 Å². The summed E-state index contributed by atoms with van der Waals surface area (Å²) in [4.78, 5) is 36.7. The number of urea groups is 1. The Morgan fingerprint density at radius 2 is 2.16 bits per heavy atom. The van der Waals surface area contributed by atoms with Crippen LogP contribution in [-0.4, -0.2) is 72.2 Å². The van der Waals surface area contributed by atoms with Crippen molar-refractivity contribution < 1.29 is 24.2 Å². The standard InChI is InChI=1S/C11H19N3O5/c1-19-6-5-13(7-9(15)16)11(18)14-4-2-3-8(14)10(12)17/h8H,2-7H2,1H3,(H2,12,17)(H,15,16). The number of nitrogens with two attached hydrogens (primary N) is 1. The molecule has 1 aliphatic rings. The maximum absolute atomic E-state index is 12.2. The lowest BCUT2D eigenvalue weighted by Gasteiger charge is -2.29. The SMILES string of the molecule is COCCN(CC(=O)O)C(=O)N1CCCC1C(N)=O. The molecule has 3 amide bonds. The van der Waals surface area contributed by atoms with Gasteiger partial charge in [-0.3, -0.25) is 9.59 Å². The normalized spacial score (nSPS) is 18.4. The number of aliphatic carboxylic acids is 1. The van der Waals surface area contributed by atoms with Crippen LogP contribution in [0.1, 0.15) is 12.8 Å². The molecular weight excluding hydrogens is 254 g/mol. The molecule has 0 aromatic carbocycles. The van der Waals surface area contributed by atoms with E-state index in [-0.39, 0.29) is 13.2 Å². The van der Waals surface area contributed by atoms with E-state index >= 15 is 0 Å². The molecule has 0 bridgehead atoms. The van der Waals surface area contributed by atoms with Crippen LogP contribution in [0.2, 0.25) is 0 Å². The first-order valence-corrected chi connectivity index (χ1v) is 6.03. The summed E-state index contributed by atoms with van der Waals surface area (Å²) >= 11 is 0. The number of amides is 3. The molecule has 0 radical (unpaired) electrons. The van der Waals surface area contributed by atoms with Gasteiger partial charge in [0, 0.05) is 20.2 Å². The zero-order valence-electron chi connectivity index (χ0n) is 10.9.